The van der Waals surface area contributed by atoms with Crippen LogP contribution in [-0.4, -0.2) is 29.0 Å². The predicted octanol–water partition coefficient (Wildman–Crippen LogP) is 5.96. The second-order valence-electron chi connectivity index (χ2n) is 8.03. The van der Waals surface area contributed by atoms with Crippen molar-refractivity contribution in [3.05, 3.63) is 12.5 Å². The number of hydrogen-bond donors (Lipinski definition) is 0. The standard InChI is InChI=1S/C17H37NO2Si2/c1-13(2)22(14(3)4,15(5)6)19-16(7)12-18-17(8)20-21(9,10)11/h12-16H,8H2,1-7,9-11H3/b18-12+/t16-/m1/s1. The van der Waals surface area contributed by atoms with Crippen molar-refractivity contribution in [1.82, 2.24) is 0 Å². The predicted molar refractivity (Wildman–Crippen MR) is 104 cm³/mol. The zero-order valence-electron chi connectivity index (χ0n) is 16.4. The van der Waals surface area contributed by atoms with E-state index in [1.807, 2.05) is 6.21 Å². The van der Waals surface area contributed by atoms with Gasteiger partial charge in [0.2, 0.25) is 16.6 Å². The first kappa shape index (κ1) is 21.6. The Bertz CT molecular complexity index is 363. The van der Waals surface area contributed by atoms with Crippen LogP contribution < -0.4 is 0 Å². The van der Waals surface area contributed by atoms with Gasteiger partial charge in [-0.25, -0.2) is 4.99 Å². The first-order valence-corrected chi connectivity index (χ1v) is 14.0. The van der Waals surface area contributed by atoms with Crippen molar-refractivity contribution in [2.24, 2.45) is 4.99 Å². The number of nitrogens with zero attached hydrogens (tertiary/aromatic N) is 1. The third-order valence-electron chi connectivity index (χ3n) is 3.95. The fourth-order valence-corrected chi connectivity index (χ4v) is 9.61. The van der Waals surface area contributed by atoms with E-state index in [1.54, 1.807) is 0 Å². The molecule has 0 aliphatic heterocycles. The summed E-state index contributed by atoms with van der Waals surface area (Å²) in [7, 11) is -3.50. The molecular weight excluding hydrogens is 306 g/mol. The Balaban J connectivity index is 4.99. The molecule has 0 rings (SSSR count). The maximum Gasteiger partial charge on any atom is 0.244 e. The summed E-state index contributed by atoms with van der Waals surface area (Å²) in [4.78, 5) is 4.36. The lowest BCUT2D eigenvalue weighted by molar-refractivity contribution is 0.253. The Hall–Kier alpha value is -0.396. The summed E-state index contributed by atoms with van der Waals surface area (Å²) in [5.41, 5.74) is 1.72. The van der Waals surface area contributed by atoms with Crippen LogP contribution in [-0.2, 0) is 8.85 Å². The van der Waals surface area contributed by atoms with Crippen LogP contribution in [0.2, 0.25) is 36.3 Å². The smallest absolute Gasteiger partial charge is 0.244 e. The molecule has 0 saturated heterocycles. The summed E-state index contributed by atoms with van der Waals surface area (Å²) in [5.74, 6) is 0.500. The number of aliphatic imine (C=N–C) groups is 1. The summed E-state index contributed by atoms with van der Waals surface area (Å²) in [5, 5.41) is 0. The molecular formula is C17H37NO2Si2. The lowest BCUT2D eigenvalue weighted by Crippen LogP contribution is -2.50. The number of rotatable bonds is 9. The lowest BCUT2D eigenvalue weighted by atomic mass is 10.5. The summed E-state index contributed by atoms with van der Waals surface area (Å²) < 4.78 is 12.4. The monoisotopic (exact) mass is 343 g/mol. The molecule has 0 aliphatic carbocycles. The van der Waals surface area contributed by atoms with Crippen LogP contribution in [0.15, 0.2) is 17.5 Å². The third kappa shape index (κ3) is 6.38. The van der Waals surface area contributed by atoms with Gasteiger partial charge < -0.3 is 8.85 Å². The molecule has 0 bridgehead atoms. The van der Waals surface area contributed by atoms with Crippen molar-refractivity contribution in [3.63, 3.8) is 0 Å². The van der Waals surface area contributed by atoms with Crippen LogP contribution in [0.4, 0.5) is 0 Å². The molecule has 130 valence electrons. The van der Waals surface area contributed by atoms with Gasteiger partial charge in [0.1, 0.15) is 0 Å². The Morgan fingerprint density at radius 1 is 0.909 bits per heavy atom. The molecule has 22 heavy (non-hydrogen) atoms. The fraction of sp³-hybridized carbons (Fsp3) is 0.824. The minimum Gasteiger partial charge on any atom is -0.532 e. The largest absolute Gasteiger partial charge is 0.532 e. The van der Waals surface area contributed by atoms with E-state index in [4.69, 9.17) is 8.85 Å². The van der Waals surface area contributed by atoms with Crippen molar-refractivity contribution in [2.75, 3.05) is 0 Å². The zero-order valence-corrected chi connectivity index (χ0v) is 18.4. The maximum atomic E-state index is 6.61. The third-order valence-corrected chi connectivity index (χ3v) is 11.0. The molecule has 3 nitrogen and oxygen atoms in total. The van der Waals surface area contributed by atoms with E-state index in [-0.39, 0.29) is 6.10 Å². The van der Waals surface area contributed by atoms with E-state index < -0.39 is 16.6 Å². The van der Waals surface area contributed by atoms with Gasteiger partial charge in [-0.15, -0.1) is 0 Å². The zero-order chi connectivity index (χ0) is 17.7. The van der Waals surface area contributed by atoms with Crippen LogP contribution in [0.5, 0.6) is 0 Å². The van der Waals surface area contributed by atoms with Gasteiger partial charge in [-0.05, 0) is 49.8 Å². The molecule has 0 aromatic rings. The van der Waals surface area contributed by atoms with Crippen molar-refractivity contribution >= 4 is 22.8 Å². The summed E-state index contributed by atoms with van der Waals surface area (Å²) in [6.45, 7) is 26.1. The van der Waals surface area contributed by atoms with Gasteiger partial charge in [0.05, 0.1) is 6.10 Å². The summed E-state index contributed by atoms with van der Waals surface area (Å²) in [6.07, 6.45) is 1.83. The van der Waals surface area contributed by atoms with Crippen molar-refractivity contribution < 1.29 is 8.85 Å². The highest BCUT2D eigenvalue weighted by Gasteiger charge is 2.45. The second kappa shape index (κ2) is 8.45. The van der Waals surface area contributed by atoms with Crippen molar-refractivity contribution in [3.8, 4) is 0 Å². The van der Waals surface area contributed by atoms with E-state index in [2.05, 4.69) is 79.7 Å². The van der Waals surface area contributed by atoms with Crippen molar-refractivity contribution in [2.45, 2.75) is 90.8 Å². The molecule has 0 aromatic heterocycles. The maximum absolute atomic E-state index is 6.61. The van der Waals surface area contributed by atoms with Gasteiger partial charge in [0.15, 0.2) is 5.88 Å². The highest BCUT2D eigenvalue weighted by Crippen LogP contribution is 2.42. The van der Waals surface area contributed by atoms with E-state index >= 15 is 0 Å². The first-order chi connectivity index (χ1) is 9.82. The quantitative estimate of drug-likeness (QED) is 0.294. The molecule has 0 fully saturated rings. The lowest BCUT2D eigenvalue weighted by Gasteiger charge is -2.43. The fourth-order valence-electron chi connectivity index (χ4n) is 3.33. The van der Waals surface area contributed by atoms with E-state index in [0.717, 1.165) is 0 Å². The molecule has 0 aromatic carbocycles. The SMILES string of the molecule is C=C(/N=C/[C@@H](C)O[Si](C(C)C)(C(C)C)C(C)C)O[Si](C)(C)C. The molecule has 0 saturated carbocycles. The van der Waals surface area contributed by atoms with Crippen LogP contribution in [0, 0.1) is 0 Å². The van der Waals surface area contributed by atoms with Gasteiger partial charge in [0.25, 0.3) is 0 Å². The van der Waals surface area contributed by atoms with E-state index in [1.165, 1.54) is 0 Å². The van der Waals surface area contributed by atoms with Gasteiger partial charge in [0, 0.05) is 6.21 Å². The molecule has 0 spiro atoms. The molecule has 0 radical (unpaired) electrons. The topological polar surface area (TPSA) is 30.8 Å². The number of hydrogen-bond acceptors (Lipinski definition) is 3. The van der Waals surface area contributed by atoms with Gasteiger partial charge in [-0.3, -0.25) is 0 Å². The Morgan fingerprint density at radius 2 is 1.32 bits per heavy atom. The van der Waals surface area contributed by atoms with Gasteiger partial charge >= 0.3 is 0 Å². The Kier molecular flexibility index (Phi) is 8.30. The molecule has 0 amide bonds. The van der Waals surface area contributed by atoms with Crippen LogP contribution in [0.1, 0.15) is 48.5 Å². The van der Waals surface area contributed by atoms with E-state index in [0.29, 0.717) is 22.5 Å². The highest BCUT2D eigenvalue weighted by atomic mass is 28.4. The molecule has 0 N–H and O–H groups in total. The summed E-state index contributed by atoms with van der Waals surface area (Å²) >= 11 is 0. The first-order valence-electron chi connectivity index (χ1n) is 8.42. The molecule has 5 heteroatoms. The van der Waals surface area contributed by atoms with Crippen LogP contribution >= 0.6 is 0 Å². The Morgan fingerprint density at radius 3 is 1.64 bits per heavy atom. The van der Waals surface area contributed by atoms with Crippen LogP contribution in [0.25, 0.3) is 0 Å². The average Bonchev–Trinajstić information content (AvgIpc) is 2.29. The normalized spacial score (nSPS) is 15.1. The van der Waals surface area contributed by atoms with Crippen LogP contribution in [0.3, 0.4) is 0 Å². The minimum atomic E-state index is -1.86. The summed E-state index contributed by atoms with van der Waals surface area (Å²) in [6, 6.07) is 0. The van der Waals surface area contributed by atoms with E-state index in [9.17, 15) is 0 Å². The molecule has 0 unspecified atom stereocenters. The Labute approximate surface area is 140 Å². The molecule has 1 atom stereocenters. The van der Waals surface area contributed by atoms with Crippen molar-refractivity contribution in [1.29, 1.82) is 0 Å². The minimum absolute atomic E-state index is 0.0131. The average molecular weight is 344 g/mol. The van der Waals surface area contributed by atoms with Gasteiger partial charge in [-0.2, -0.15) is 0 Å². The second-order valence-corrected chi connectivity index (χ2v) is 17.9. The highest BCUT2D eigenvalue weighted by molar-refractivity contribution is 6.77. The molecule has 0 aliphatic rings. The van der Waals surface area contributed by atoms with Gasteiger partial charge in [-0.1, -0.05) is 41.5 Å². The molecule has 0 heterocycles.